The second kappa shape index (κ2) is 10.6. The van der Waals surface area contributed by atoms with Crippen LogP contribution in [0.25, 0.3) is 0 Å². The Morgan fingerprint density at radius 3 is 2.38 bits per heavy atom. The average Bonchev–Trinajstić information content (AvgIpc) is 2.74. The molecule has 1 heterocycles. The van der Waals surface area contributed by atoms with E-state index in [1.165, 1.54) is 18.4 Å². The lowest BCUT2D eigenvalue weighted by Gasteiger charge is -2.35. The fraction of sp³-hybridized carbons (Fsp3) is 0.480. The summed E-state index contributed by atoms with van der Waals surface area (Å²) in [7, 11) is 0. The molecule has 2 aromatic carbocycles. The van der Waals surface area contributed by atoms with Gasteiger partial charge in [0.25, 0.3) is 0 Å². The summed E-state index contributed by atoms with van der Waals surface area (Å²) < 4.78 is 17.5. The van der Waals surface area contributed by atoms with Gasteiger partial charge in [0.2, 0.25) is 0 Å². The fourth-order valence-electron chi connectivity index (χ4n) is 3.61. The van der Waals surface area contributed by atoms with E-state index < -0.39 is 0 Å². The van der Waals surface area contributed by atoms with Gasteiger partial charge >= 0.3 is 5.97 Å². The summed E-state index contributed by atoms with van der Waals surface area (Å²) in [6, 6.07) is 15.0. The van der Waals surface area contributed by atoms with Gasteiger partial charge in [-0.05, 0) is 49.6 Å². The molecule has 3 unspecified atom stereocenters. The molecule has 29 heavy (non-hydrogen) atoms. The Morgan fingerprint density at radius 2 is 1.76 bits per heavy atom. The molecule has 3 atom stereocenters. The Kier molecular flexibility index (Phi) is 7.84. The van der Waals surface area contributed by atoms with Crippen LogP contribution in [0.3, 0.4) is 0 Å². The number of benzene rings is 2. The van der Waals surface area contributed by atoms with Crippen LogP contribution in [0.15, 0.2) is 48.5 Å². The number of ether oxygens (including phenoxy) is 3. The van der Waals surface area contributed by atoms with Crippen molar-refractivity contribution in [1.29, 1.82) is 0 Å². The quantitative estimate of drug-likeness (QED) is 0.399. The lowest BCUT2D eigenvalue weighted by atomic mass is 9.96. The first kappa shape index (κ1) is 21.5. The van der Waals surface area contributed by atoms with Gasteiger partial charge in [0, 0.05) is 11.5 Å². The zero-order valence-electron chi connectivity index (χ0n) is 17.7. The highest BCUT2D eigenvalue weighted by Crippen LogP contribution is 2.31. The highest BCUT2D eigenvalue weighted by Gasteiger charge is 2.29. The number of esters is 1. The van der Waals surface area contributed by atoms with Crippen molar-refractivity contribution in [1.82, 2.24) is 0 Å². The van der Waals surface area contributed by atoms with Crippen molar-refractivity contribution in [3.05, 3.63) is 65.2 Å². The largest absolute Gasteiger partial charge is 0.423 e. The van der Waals surface area contributed by atoms with Gasteiger partial charge < -0.3 is 14.2 Å². The van der Waals surface area contributed by atoms with E-state index in [9.17, 15) is 4.79 Å². The van der Waals surface area contributed by atoms with Crippen molar-refractivity contribution in [2.24, 2.45) is 5.92 Å². The molecule has 0 aliphatic carbocycles. The summed E-state index contributed by atoms with van der Waals surface area (Å²) in [5, 5.41) is 0. The predicted molar refractivity (Wildman–Crippen MR) is 114 cm³/mol. The summed E-state index contributed by atoms with van der Waals surface area (Å²) in [6.07, 6.45) is 5.43. The maximum Gasteiger partial charge on any atom is 0.343 e. The predicted octanol–water partition coefficient (Wildman–Crippen LogP) is 6.10. The number of carbonyl (C=O) groups excluding carboxylic acids is 1. The van der Waals surface area contributed by atoms with Crippen molar-refractivity contribution < 1.29 is 19.0 Å². The molecule has 4 nitrogen and oxygen atoms in total. The first-order valence-corrected chi connectivity index (χ1v) is 10.8. The number of hydrogen-bond acceptors (Lipinski definition) is 4. The summed E-state index contributed by atoms with van der Waals surface area (Å²) in [5.74, 6) is 0.646. The second-order valence-electron chi connectivity index (χ2n) is 7.81. The van der Waals surface area contributed by atoms with E-state index in [1.807, 2.05) is 36.4 Å². The van der Waals surface area contributed by atoms with Gasteiger partial charge in [-0.15, -0.1) is 0 Å². The lowest BCUT2D eigenvalue weighted by Crippen LogP contribution is -2.34. The number of aryl methyl sites for hydroxylation is 1. The van der Waals surface area contributed by atoms with Gasteiger partial charge in [-0.3, -0.25) is 0 Å². The van der Waals surface area contributed by atoms with Crippen LogP contribution in [0.5, 0.6) is 5.75 Å². The van der Waals surface area contributed by atoms with Crippen LogP contribution in [-0.2, 0) is 15.9 Å². The van der Waals surface area contributed by atoms with Crippen molar-refractivity contribution >= 4 is 5.97 Å². The van der Waals surface area contributed by atoms with Gasteiger partial charge in [0.15, 0.2) is 6.29 Å². The molecule has 1 aliphatic heterocycles. The summed E-state index contributed by atoms with van der Waals surface area (Å²) in [6.45, 7) is 7.18. The van der Waals surface area contributed by atoms with E-state index in [-0.39, 0.29) is 18.4 Å². The molecule has 0 bridgehead atoms. The monoisotopic (exact) mass is 396 g/mol. The van der Waals surface area contributed by atoms with Crippen LogP contribution < -0.4 is 4.74 Å². The molecule has 0 aromatic heterocycles. The van der Waals surface area contributed by atoms with Crippen LogP contribution in [-0.4, -0.2) is 18.7 Å². The summed E-state index contributed by atoms with van der Waals surface area (Å²) in [4.78, 5) is 12.4. The topological polar surface area (TPSA) is 44.8 Å². The Bertz CT molecular complexity index is 766. The Balaban J connectivity index is 1.56. The summed E-state index contributed by atoms with van der Waals surface area (Å²) >= 11 is 0. The number of carbonyl (C=O) groups is 1. The molecule has 2 aromatic rings. The third kappa shape index (κ3) is 5.91. The van der Waals surface area contributed by atoms with Crippen molar-refractivity contribution in [3.8, 4) is 5.75 Å². The molecule has 1 fully saturated rings. The second-order valence-corrected chi connectivity index (χ2v) is 7.81. The van der Waals surface area contributed by atoms with Crippen molar-refractivity contribution in [2.45, 2.75) is 65.3 Å². The van der Waals surface area contributed by atoms with Crippen molar-refractivity contribution in [3.63, 3.8) is 0 Å². The Labute approximate surface area is 174 Å². The maximum atomic E-state index is 12.4. The fourth-order valence-corrected chi connectivity index (χ4v) is 3.61. The van der Waals surface area contributed by atoms with Crippen molar-refractivity contribution in [2.75, 3.05) is 6.61 Å². The molecule has 0 spiro atoms. The third-order valence-electron chi connectivity index (χ3n) is 5.48. The van der Waals surface area contributed by atoms with E-state index in [2.05, 4.69) is 20.8 Å². The normalized spacial score (nSPS) is 21.7. The summed E-state index contributed by atoms with van der Waals surface area (Å²) in [5.41, 5.74) is 2.68. The van der Waals surface area contributed by atoms with Gasteiger partial charge in [-0.25, -0.2) is 4.79 Å². The molecular formula is C25H32O4. The Morgan fingerprint density at radius 1 is 1.03 bits per heavy atom. The zero-order valence-corrected chi connectivity index (χ0v) is 17.7. The van der Waals surface area contributed by atoms with Gasteiger partial charge in [-0.1, -0.05) is 57.4 Å². The zero-order chi connectivity index (χ0) is 20.6. The molecule has 4 heteroatoms. The molecule has 0 N–H and O–H groups in total. The smallest absolute Gasteiger partial charge is 0.343 e. The molecule has 1 saturated heterocycles. The van der Waals surface area contributed by atoms with Gasteiger partial charge in [-0.2, -0.15) is 0 Å². The van der Waals surface area contributed by atoms with Crippen LogP contribution in [0, 0.1) is 5.92 Å². The number of hydrogen-bond donors (Lipinski definition) is 0. The molecule has 156 valence electrons. The van der Waals surface area contributed by atoms with E-state index in [1.54, 1.807) is 12.1 Å². The van der Waals surface area contributed by atoms with E-state index >= 15 is 0 Å². The molecule has 0 amide bonds. The first-order chi connectivity index (χ1) is 14.1. The van der Waals surface area contributed by atoms with E-state index in [0.717, 1.165) is 24.8 Å². The minimum absolute atomic E-state index is 0.167. The van der Waals surface area contributed by atoms with Crippen LogP contribution >= 0.6 is 0 Å². The molecule has 0 saturated carbocycles. The third-order valence-corrected chi connectivity index (χ3v) is 5.48. The van der Waals surface area contributed by atoms with Crippen LogP contribution in [0.1, 0.15) is 74.2 Å². The standard InChI is InChI=1S/C25H32O4/c1-4-6-8-22-17-27-25(28-18(22)3)21-13-11-20(12-14-21)24(26)29-23-15-9-19(7-5-2)10-16-23/h9-16,18,22,25H,4-8,17H2,1-3H3. The lowest BCUT2D eigenvalue weighted by molar-refractivity contribution is -0.237. The number of unbranched alkanes of at least 4 members (excludes halogenated alkanes) is 1. The van der Waals surface area contributed by atoms with E-state index in [0.29, 0.717) is 23.8 Å². The highest BCUT2D eigenvalue weighted by molar-refractivity contribution is 5.91. The molecular weight excluding hydrogens is 364 g/mol. The van der Waals surface area contributed by atoms with E-state index in [4.69, 9.17) is 14.2 Å². The molecule has 1 aliphatic rings. The SMILES string of the molecule is CCCCC1COC(c2ccc(C(=O)Oc3ccc(CCC)cc3)cc2)OC1C. The first-order valence-electron chi connectivity index (χ1n) is 10.8. The van der Waals surface area contributed by atoms with Gasteiger partial charge in [0.05, 0.1) is 18.3 Å². The number of rotatable bonds is 8. The van der Waals surface area contributed by atoms with Crippen LogP contribution in [0.2, 0.25) is 0 Å². The minimum atomic E-state index is -0.376. The highest BCUT2D eigenvalue weighted by atomic mass is 16.7. The Hall–Kier alpha value is -2.17. The minimum Gasteiger partial charge on any atom is -0.423 e. The van der Waals surface area contributed by atoms with Gasteiger partial charge in [0.1, 0.15) is 5.75 Å². The van der Waals surface area contributed by atoms with Crippen LogP contribution in [0.4, 0.5) is 0 Å². The molecule has 3 rings (SSSR count). The average molecular weight is 397 g/mol. The maximum absolute atomic E-state index is 12.4. The molecule has 0 radical (unpaired) electrons.